The van der Waals surface area contributed by atoms with Crippen LogP contribution < -0.4 is 5.73 Å². The van der Waals surface area contributed by atoms with E-state index in [4.69, 9.17) is 5.73 Å². The van der Waals surface area contributed by atoms with Crippen molar-refractivity contribution in [2.45, 2.75) is 57.5 Å². The molecule has 1 aromatic heterocycles. The number of rotatable bonds is 5. The Morgan fingerprint density at radius 1 is 1.21 bits per heavy atom. The maximum Gasteiger partial charge on any atom is 0.180 e. The summed E-state index contributed by atoms with van der Waals surface area (Å²) in [4.78, 5) is 8.18. The molecule has 0 saturated heterocycles. The van der Waals surface area contributed by atoms with Crippen LogP contribution in [0.3, 0.4) is 0 Å². The lowest BCUT2D eigenvalue weighted by atomic mass is 9.89. The summed E-state index contributed by atoms with van der Waals surface area (Å²) in [6.45, 7) is 2.36. The number of halogens is 1. The Morgan fingerprint density at radius 2 is 1.95 bits per heavy atom. The normalized spacial score (nSPS) is 20.5. The van der Waals surface area contributed by atoms with Crippen molar-refractivity contribution in [3.63, 3.8) is 0 Å². The van der Waals surface area contributed by atoms with Gasteiger partial charge in [0.05, 0.1) is 0 Å². The largest absolute Gasteiger partial charge is 0.375 e. The van der Waals surface area contributed by atoms with Crippen molar-refractivity contribution >= 4 is 28.9 Å². The van der Waals surface area contributed by atoms with E-state index in [9.17, 15) is 0 Å². The lowest BCUT2D eigenvalue weighted by Gasteiger charge is -2.29. The quantitative estimate of drug-likeness (QED) is 0.902. The first-order valence-electron chi connectivity index (χ1n) is 7.25. The predicted molar refractivity (Wildman–Crippen MR) is 83.8 cm³/mol. The van der Waals surface area contributed by atoms with Gasteiger partial charge in [-0.3, -0.25) is 4.90 Å². The number of hydrogen-bond donors (Lipinski definition) is 1. The molecule has 2 fully saturated rings. The van der Waals surface area contributed by atoms with Crippen LogP contribution in [0.1, 0.15) is 49.8 Å². The van der Waals surface area contributed by atoms with Gasteiger partial charge in [0.15, 0.2) is 5.13 Å². The molecule has 0 spiro atoms. The van der Waals surface area contributed by atoms with Crippen LogP contribution in [0, 0.1) is 5.92 Å². The smallest absolute Gasteiger partial charge is 0.180 e. The molecule has 0 amide bonds. The van der Waals surface area contributed by atoms with Gasteiger partial charge in [0.2, 0.25) is 0 Å². The molecule has 0 aromatic carbocycles. The number of anilines is 1. The zero-order chi connectivity index (χ0) is 12.4. The van der Waals surface area contributed by atoms with E-state index < -0.39 is 0 Å². The number of thiazole rings is 1. The van der Waals surface area contributed by atoms with E-state index in [2.05, 4.69) is 9.88 Å². The van der Waals surface area contributed by atoms with Gasteiger partial charge in [0, 0.05) is 30.2 Å². The van der Waals surface area contributed by atoms with Gasteiger partial charge in [0.25, 0.3) is 0 Å². The van der Waals surface area contributed by atoms with Gasteiger partial charge in [-0.25, -0.2) is 4.98 Å². The zero-order valence-electron chi connectivity index (χ0n) is 11.4. The van der Waals surface area contributed by atoms with Gasteiger partial charge in [-0.2, -0.15) is 0 Å². The van der Waals surface area contributed by atoms with E-state index in [-0.39, 0.29) is 12.4 Å². The summed E-state index contributed by atoms with van der Waals surface area (Å²) < 4.78 is 0. The molecule has 2 N–H and O–H groups in total. The number of nitrogens with zero attached hydrogens (tertiary/aromatic N) is 2. The van der Waals surface area contributed by atoms with Crippen LogP contribution in [0.4, 0.5) is 5.13 Å². The summed E-state index contributed by atoms with van der Waals surface area (Å²) >= 11 is 1.65. The molecule has 3 rings (SSSR count). The molecular formula is C14H24ClN3S. The molecule has 1 heterocycles. The highest BCUT2D eigenvalue weighted by Crippen LogP contribution is 2.33. The van der Waals surface area contributed by atoms with Crippen LogP contribution in [0.5, 0.6) is 0 Å². The summed E-state index contributed by atoms with van der Waals surface area (Å²) in [7, 11) is 0. The molecule has 0 radical (unpaired) electrons. The van der Waals surface area contributed by atoms with Crippen LogP contribution in [0.15, 0.2) is 6.20 Å². The highest BCUT2D eigenvalue weighted by molar-refractivity contribution is 7.15. The Hall–Kier alpha value is -0.320. The molecule has 108 valence electrons. The third-order valence-corrected chi connectivity index (χ3v) is 5.02. The topological polar surface area (TPSA) is 42.1 Å². The van der Waals surface area contributed by atoms with Gasteiger partial charge in [-0.15, -0.1) is 23.7 Å². The minimum Gasteiger partial charge on any atom is -0.375 e. The van der Waals surface area contributed by atoms with Crippen LogP contribution in [-0.4, -0.2) is 22.5 Å². The maximum atomic E-state index is 5.72. The first-order chi connectivity index (χ1) is 8.81. The Morgan fingerprint density at radius 3 is 2.53 bits per heavy atom. The highest BCUT2D eigenvalue weighted by atomic mass is 35.5. The van der Waals surface area contributed by atoms with Gasteiger partial charge in [0.1, 0.15) is 0 Å². The van der Waals surface area contributed by atoms with Crippen molar-refractivity contribution in [1.82, 2.24) is 9.88 Å². The Balaban J connectivity index is 0.00000133. The fourth-order valence-electron chi connectivity index (χ4n) is 3.08. The number of hydrogen-bond acceptors (Lipinski definition) is 4. The van der Waals surface area contributed by atoms with Gasteiger partial charge < -0.3 is 5.73 Å². The Bertz CT molecular complexity index is 386. The highest BCUT2D eigenvalue weighted by Gasteiger charge is 2.31. The average molecular weight is 302 g/mol. The van der Waals surface area contributed by atoms with Gasteiger partial charge in [-0.1, -0.05) is 19.3 Å². The van der Waals surface area contributed by atoms with E-state index in [0.717, 1.165) is 18.5 Å². The Labute approximate surface area is 126 Å². The van der Waals surface area contributed by atoms with Crippen LogP contribution in [0.2, 0.25) is 0 Å². The monoisotopic (exact) mass is 301 g/mol. The lowest BCUT2D eigenvalue weighted by molar-refractivity contribution is 0.187. The molecule has 0 aliphatic heterocycles. The minimum absolute atomic E-state index is 0. The molecule has 0 unspecified atom stereocenters. The molecule has 0 bridgehead atoms. The van der Waals surface area contributed by atoms with Gasteiger partial charge >= 0.3 is 0 Å². The van der Waals surface area contributed by atoms with Crippen LogP contribution in [-0.2, 0) is 6.54 Å². The first-order valence-corrected chi connectivity index (χ1v) is 8.07. The van der Waals surface area contributed by atoms with E-state index in [1.54, 1.807) is 11.3 Å². The van der Waals surface area contributed by atoms with Crippen LogP contribution in [0.25, 0.3) is 0 Å². The van der Waals surface area contributed by atoms with E-state index in [1.807, 2.05) is 6.20 Å². The summed E-state index contributed by atoms with van der Waals surface area (Å²) in [6.07, 6.45) is 11.9. The molecule has 1 aromatic rings. The molecule has 19 heavy (non-hydrogen) atoms. The van der Waals surface area contributed by atoms with E-state index in [1.165, 1.54) is 56.4 Å². The third kappa shape index (κ3) is 4.33. The van der Waals surface area contributed by atoms with Crippen LogP contribution >= 0.6 is 23.7 Å². The predicted octanol–water partition coefficient (Wildman–Crippen LogP) is 3.69. The van der Waals surface area contributed by atoms with Crippen molar-refractivity contribution in [2.75, 3.05) is 12.3 Å². The zero-order valence-corrected chi connectivity index (χ0v) is 13.0. The molecule has 0 atom stereocenters. The minimum atomic E-state index is 0. The second-order valence-electron chi connectivity index (χ2n) is 5.83. The van der Waals surface area contributed by atoms with Crippen molar-refractivity contribution in [1.29, 1.82) is 0 Å². The van der Waals surface area contributed by atoms with Crippen molar-refractivity contribution in [3.8, 4) is 0 Å². The van der Waals surface area contributed by atoms with E-state index >= 15 is 0 Å². The molecule has 2 saturated carbocycles. The number of nitrogens with two attached hydrogens (primary N) is 1. The molecule has 5 heteroatoms. The fourth-order valence-corrected chi connectivity index (χ4v) is 3.79. The summed E-state index contributed by atoms with van der Waals surface area (Å²) in [5.74, 6) is 0.935. The average Bonchev–Trinajstić information content (AvgIpc) is 3.15. The third-order valence-electron chi connectivity index (χ3n) is 4.21. The van der Waals surface area contributed by atoms with Gasteiger partial charge in [-0.05, 0) is 31.6 Å². The molecular weight excluding hydrogens is 278 g/mol. The first kappa shape index (κ1) is 15.1. The summed E-state index contributed by atoms with van der Waals surface area (Å²) in [6, 6.07) is 0.843. The van der Waals surface area contributed by atoms with Crippen molar-refractivity contribution in [2.24, 2.45) is 5.92 Å². The number of nitrogen functional groups attached to an aromatic ring is 1. The summed E-state index contributed by atoms with van der Waals surface area (Å²) in [5, 5.41) is 0.707. The maximum absolute atomic E-state index is 5.72. The molecule has 3 nitrogen and oxygen atoms in total. The Kier molecular flexibility index (Phi) is 5.48. The van der Waals surface area contributed by atoms with Crippen molar-refractivity contribution in [3.05, 3.63) is 11.1 Å². The second kappa shape index (κ2) is 6.91. The standard InChI is InChI=1S/C14H23N3S.ClH/c15-14-16-8-13(18-14)10-17(12-6-7-12)9-11-4-2-1-3-5-11;/h8,11-12H,1-7,9-10H2,(H2,15,16);1H. The SMILES string of the molecule is Cl.Nc1ncc(CN(CC2CCCCC2)C2CC2)s1. The molecule has 2 aliphatic rings. The van der Waals surface area contributed by atoms with E-state index in [0.29, 0.717) is 5.13 Å². The fraction of sp³-hybridized carbons (Fsp3) is 0.786. The number of aromatic nitrogens is 1. The van der Waals surface area contributed by atoms with Crippen molar-refractivity contribution < 1.29 is 0 Å². The lowest BCUT2D eigenvalue weighted by Crippen LogP contribution is -2.31. The summed E-state index contributed by atoms with van der Waals surface area (Å²) in [5.41, 5.74) is 5.72. The molecule has 2 aliphatic carbocycles. The second-order valence-corrected chi connectivity index (χ2v) is 6.98.